The first-order chi connectivity index (χ1) is 17.3. The monoisotopic (exact) mass is 484 g/mol. The second-order valence-corrected chi connectivity index (χ2v) is 11.4. The lowest BCUT2D eigenvalue weighted by molar-refractivity contribution is -0.122. The summed E-state index contributed by atoms with van der Waals surface area (Å²) in [6.07, 6.45) is 9.48. The molecule has 5 fully saturated rings. The Labute approximate surface area is 211 Å². The van der Waals surface area contributed by atoms with Gasteiger partial charge in [-0.1, -0.05) is 24.3 Å². The summed E-state index contributed by atoms with van der Waals surface area (Å²) in [5.74, 6) is 1.94. The van der Waals surface area contributed by atoms with Gasteiger partial charge in [-0.05, 0) is 117 Å². The maximum absolute atomic E-state index is 13.3. The molecule has 4 amide bonds. The highest BCUT2D eigenvalue weighted by atomic mass is 16.5. The standard InChI is InChI=1S/C30H32N2O4/c1-18(2)36-25-9-3-19(4-10-25)14-26-27(33)31-29(35)32(28(26)34)24-7-5-23(6-8-24)30-15-20-11-21(16-30)13-22(12-20)17-30/h3-10,14,18,20-22H,11-13,15-17H2,1-2H3,(H,31,33,35)/b26-14+. The summed E-state index contributed by atoms with van der Waals surface area (Å²) in [6.45, 7) is 3.89. The lowest BCUT2D eigenvalue weighted by Gasteiger charge is -2.57. The Morgan fingerprint density at radius 1 is 0.889 bits per heavy atom. The van der Waals surface area contributed by atoms with Crippen molar-refractivity contribution in [1.82, 2.24) is 5.32 Å². The van der Waals surface area contributed by atoms with E-state index in [-0.39, 0.29) is 17.1 Å². The molecule has 4 bridgehead atoms. The molecular formula is C30H32N2O4. The van der Waals surface area contributed by atoms with Crippen molar-refractivity contribution in [2.75, 3.05) is 4.90 Å². The van der Waals surface area contributed by atoms with E-state index >= 15 is 0 Å². The van der Waals surface area contributed by atoms with Crippen LogP contribution in [0, 0.1) is 17.8 Å². The Kier molecular flexibility index (Phi) is 5.51. The highest BCUT2D eigenvalue weighted by Crippen LogP contribution is 2.60. The number of nitrogens with one attached hydrogen (secondary N) is 1. The number of benzene rings is 2. The molecule has 36 heavy (non-hydrogen) atoms. The first kappa shape index (κ1) is 23.0. The Bertz CT molecular complexity index is 1210. The van der Waals surface area contributed by atoms with E-state index in [1.165, 1.54) is 50.2 Å². The van der Waals surface area contributed by atoms with E-state index in [0.29, 0.717) is 17.0 Å². The number of imide groups is 2. The number of anilines is 1. The van der Waals surface area contributed by atoms with Crippen molar-refractivity contribution < 1.29 is 19.1 Å². The van der Waals surface area contributed by atoms with Gasteiger partial charge in [0.1, 0.15) is 11.3 Å². The quantitative estimate of drug-likeness (QED) is 0.442. The van der Waals surface area contributed by atoms with Crippen LogP contribution in [0.4, 0.5) is 10.5 Å². The lowest BCUT2D eigenvalue weighted by Crippen LogP contribution is -2.54. The van der Waals surface area contributed by atoms with Gasteiger partial charge >= 0.3 is 6.03 Å². The summed E-state index contributed by atoms with van der Waals surface area (Å²) < 4.78 is 5.66. The summed E-state index contributed by atoms with van der Waals surface area (Å²) >= 11 is 0. The summed E-state index contributed by atoms with van der Waals surface area (Å²) in [4.78, 5) is 39.6. The zero-order valence-electron chi connectivity index (χ0n) is 20.8. The minimum Gasteiger partial charge on any atom is -0.491 e. The van der Waals surface area contributed by atoms with Gasteiger partial charge in [0.15, 0.2) is 0 Å². The molecule has 4 aliphatic carbocycles. The fourth-order valence-electron chi connectivity index (χ4n) is 7.40. The fraction of sp³-hybridized carbons (Fsp3) is 0.433. The number of nitrogens with zero attached hydrogens (tertiary/aromatic N) is 1. The number of barbiturate groups is 1. The molecule has 0 radical (unpaired) electrons. The average Bonchev–Trinajstić information content (AvgIpc) is 2.82. The number of urea groups is 1. The van der Waals surface area contributed by atoms with Gasteiger partial charge in [0.05, 0.1) is 11.8 Å². The highest BCUT2D eigenvalue weighted by Gasteiger charge is 2.51. The predicted molar refractivity (Wildman–Crippen MR) is 137 cm³/mol. The maximum atomic E-state index is 13.3. The molecule has 1 saturated heterocycles. The third kappa shape index (κ3) is 4.02. The molecule has 2 aromatic carbocycles. The van der Waals surface area contributed by atoms with Gasteiger partial charge in [-0.2, -0.15) is 0 Å². The highest BCUT2D eigenvalue weighted by molar-refractivity contribution is 6.39. The Balaban J connectivity index is 1.25. The Morgan fingerprint density at radius 3 is 2.03 bits per heavy atom. The van der Waals surface area contributed by atoms with Crippen LogP contribution in [-0.2, 0) is 15.0 Å². The second-order valence-electron chi connectivity index (χ2n) is 11.4. The van der Waals surface area contributed by atoms with Gasteiger partial charge < -0.3 is 4.74 Å². The molecule has 1 heterocycles. The molecule has 6 nitrogen and oxygen atoms in total. The number of carbonyl (C=O) groups is 3. The van der Waals surface area contributed by atoms with Crippen LogP contribution >= 0.6 is 0 Å². The molecule has 2 aromatic rings. The molecule has 0 aromatic heterocycles. The first-order valence-electron chi connectivity index (χ1n) is 13.1. The van der Waals surface area contributed by atoms with Crippen molar-refractivity contribution in [3.8, 4) is 5.75 Å². The van der Waals surface area contributed by atoms with E-state index in [1.807, 2.05) is 26.0 Å². The molecule has 0 unspecified atom stereocenters. The lowest BCUT2D eigenvalue weighted by atomic mass is 9.48. The largest absolute Gasteiger partial charge is 0.491 e. The van der Waals surface area contributed by atoms with Gasteiger partial charge in [0, 0.05) is 0 Å². The van der Waals surface area contributed by atoms with Crippen LogP contribution < -0.4 is 15.0 Å². The van der Waals surface area contributed by atoms with Gasteiger partial charge in [-0.3, -0.25) is 14.9 Å². The van der Waals surface area contributed by atoms with Gasteiger partial charge in [0.25, 0.3) is 11.8 Å². The SMILES string of the molecule is CC(C)Oc1ccc(/C=C2\C(=O)NC(=O)N(c3ccc(C45CC6CC(CC(C6)C4)C5)cc3)C2=O)cc1. The molecule has 6 heteroatoms. The van der Waals surface area contributed by atoms with Crippen LogP contribution in [0.15, 0.2) is 54.1 Å². The van der Waals surface area contributed by atoms with Crippen LogP contribution in [0.1, 0.15) is 63.5 Å². The second kappa shape index (κ2) is 8.61. The van der Waals surface area contributed by atoms with E-state index in [4.69, 9.17) is 4.74 Å². The number of amides is 4. The van der Waals surface area contributed by atoms with E-state index in [0.717, 1.165) is 22.7 Å². The smallest absolute Gasteiger partial charge is 0.335 e. The van der Waals surface area contributed by atoms with E-state index < -0.39 is 17.8 Å². The molecule has 7 rings (SSSR count). The number of hydrogen-bond acceptors (Lipinski definition) is 4. The van der Waals surface area contributed by atoms with Gasteiger partial charge in [0.2, 0.25) is 0 Å². The summed E-state index contributed by atoms with van der Waals surface area (Å²) in [5.41, 5.74) is 2.65. The molecule has 5 aliphatic rings. The zero-order valence-corrected chi connectivity index (χ0v) is 20.8. The molecule has 0 atom stereocenters. The number of carbonyl (C=O) groups excluding carboxylic acids is 3. The van der Waals surface area contributed by atoms with Crippen LogP contribution in [0.3, 0.4) is 0 Å². The minimum atomic E-state index is -0.717. The molecule has 4 saturated carbocycles. The van der Waals surface area contributed by atoms with Gasteiger partial charge in [-0.15, -0.1) is 0 Å². The van der Waals surface area contributed by atoms with Crippen molar-refractivity contribution in [1.29, 1.82) is 0 Å². The summed E-state index contributed by atoms with van der Waals surface area (Å²) in [7, 11) is 0. The van der Waals surface area contributed by atoms with Crippen molar-refractivity contribution in [3.63, 3.8) is 0 Å². The molecule has 186 valence electrons. The fourth-order valence-corrected chi connectivity index (χ4v) is 7.40. The normalized spacial score (nSPS) is 30.3. The van der Waals surface area contributed by atoms with Gasteiger partial charge in [-0.25, -0.2) is 9.69 Å². The van der Waals surface area contributed by atoms with Crippen molar-refractivity contribution in [2.24, 2.45) is 17.8 Å². The van der Waals surface area contributed by atoms with Crippen LogP contribution in [-0.4, -0.2) is 23.9 Å². The van der Waals surface area contributed by atoms with Crippen molar-refractivity contribution in [3.05, 3.63) is 65.2 Å². The van der Waals surface area contributed by atoms with Crippen LogP contribution in [0.25, 0.3) is 6.08 Å². The Hall–Kier alpha value is -3.41. The van der Waals surface area contributed by atoms with Crippen LogP contribution in [0.2, 0.25) is 0 Å². The van der Waals surface area contributed by atoms with Crippen molar-refractivity contribution >= 4 is 29.6 Å². The number of hydrogen-bond donors (Lipinski definition) is 1. The van der Waals surface area contributed by atoms with E-state index in [1.54, 1.807) is 24.3 Å². The predicted octanol–water partition coefficient (Wildman–Crippen LogP) is 5.61. The molecular weight excluding hydrogens is 452 g/mol. The molecule has 1 N–H and O–H groups in total. The number of ether oxygens (including phenoxy) is 1. The van der Waals surface area contributed by atoms with Crippen LogP contribution in [0.5, 0.6) is 5.75 Å². The Morgan fingerprint density at radius 2 is 1.47 bits per heavy atom. The van der Waals surface area contributed by atoms with E-state index in [9.17, 15) is 14.4 Å². The molecule has 1 aliphatic heterocycles. The summed E-state index contributed by atoms with van der Waals surface area (Å²) in [6, 6.07) is 14.3. The average molecular weight is 485 g/mol. The van der Waals surface area contributed by atoms with E-state index in [2.05, 4.69) is 17.4 Å². The minimum absolute atomic E-state index is 0.0498. The third-order valence-corrected chi connectivity index (χ3v) is 8.44. The topological polar surface area (TPSA) is 75.7 Å². The molecule has 0 spiro atoms. The zero-order chi connectivity index (χ0) is 25.0. The van der Waals surface area contributed by atoms with Crippen molar-refractivity contribution in [2.45, 2.75) is 63.9 Å². The number of rotatable bonds is 5. The third-order valence-electron chi connectivity index (χ3n) is 8.44. The maximum Gasteiger partial charge on any atom is 0.335 e. The first-order valence-corrected chi connectivity index (χ1v) is 13.1. The summed E-state index contributed by atoms with van der Waals surface area (Å²) in [5, 5.41) is 2.32.